The topological polar surface area (TPSA) is 75.0 Å². The lowest BCUT2D eigenvalue weighted by Crippen LogP contribution is -2.28. The molecule has 1 aliphatic heterocycles. The molecule has 7 heteroatoms. The number of benzene rings is 1. The van der Waals surface area contributed by atoms with Crippen molar-refractivity contribution in [1.29, 1.82) is 0 Å². The van der Waals surface area contributed by atoms with Gasteiger partial charge in [0, 0.05) is 25.2 Å². The molecular formula is C17H15FN4O2. The first-order valence-corrected chi connectivity index (χ1v) is 7.70. The van der Waals surface area contributed by atoms with Crippen molar-refractivity contribution in [2.75, 3.05) is 13.1 Å². The maximum absolute atomic E-state index is 13.0. The van der Waals surface area contributed by atoms with Crippen molar-refractivity contribution < 1.29 is 13.7 Å². The van der Waals surface area contributed by atoms with Crippen molar-refractivity contribution in [1.82, 2.24) is 20.0 Å². The zero-order valence-corrected chi connectivity index (χ0v) is 12.8. The first-order chi connectivity index (χ1) is 11.7. The maximum Gasteiger partial charge on any atom is 0.270 e. The highest BCUT2D eigenvalue weighted by molar-refractivity contribution is 5.94. The van der Waals surface area contributed by atoms with E-state index in [0.29, 0.717) is 24.6 Å². The number of nitrogens with zero attached hydrogens (tertiary/aromatic N) is 3. The second-order valence-electron chi connectivity index (χ2n) is 5.84. The van der Waals surface area contributed by atoms with Crippen LogP contribution < -0.4 is 0 Å². The molecule has 4 rings (SSSR count). The minimum absolute atomic E-state index is 0.0608. The molecule has 0 aliphatic carbocycles. The number of aromatic amines is 1. The van der Waals surface area contributed by atoms with Gasteiger partial charge in [-0.3, -0.25) is 4.79 Å². The monoisotopic (exact) mass is 326 g/mol. The van der Waals surface area contributed by atoms with Gasteiger partial charge in [0.25, 0.3) is 5.91 Å². The third kappa shape index (κ3) is 2.68. The average molecular weight is 326 g/mol. The fraction of sp³-hybridized carbons (Fsp3) is 0.235. The van der Waals surface area contributed by atoms with Crippen molar-refractivity contribution in [3.8, 4) is 11.1 Å². The summed E-state index contributed by atoms with van der Waals surface area (Å²) in [5, 5.41) is 3.85. The summed E-state index contributed by atoms with van der Waals surface area (Å²) in [6.07, 6.45) is 3.88. The van der Waals surface area contributed by atoms with Gasteiger partial charge in [-0.25, -0.2) is 4.39 Å². The van der Waals surface area contributed by atoms with E-state index in [4.69, 9.17) is 4.52 Å². The van der Waals surface area contributed by atoms with Crippen LogP contribution in [-0.2, 0) is 0 Å². The zero-order valence-electron chi connectivity index (χ0n) is 12.8. The zero-order chi connectivity index (χ0) is 16.5. The molecule has 0 unspecified atom stereocenters. The molecule has 0 spiro atoms. The maximum atomic E-state index is 13.0. The third-order valence-electron chi connectivity index (χ3n) is 4.31. The normalized spacial score (nSPS) is 17.4. The number of nitrogens with one attached hydrogen (secondary N) is 1. The predicted molar refractivity (Wildman–Crippen MR) is 83.7 cm³/mol. The van der Waals surface area contributed by atoms with E-state index in [2.05, 4.69) is 15.1 Å². The van der Waals surface area contributed by atoms with Crippen LogP contribution in [0.5, 0.6) is 0 Å². The Morgan fingerprint density at radius 1 is 1.29 bits per heavy atom. The van der Waals surface area contributed by atoms with Crippen LogP contribution in [0.15, 0.2) is 47.4 Å². The second kappa shape index (κ2) is 5.92. The van der Waals surface area contributed by atoms with Crippen molar-refractivity contribution in [2.24, 2.45) is 0 Å². The van der Waals surface area contributed by atoms with Crippen LogP contribution >= 0.6 is 0 Å². The van der Waals surface area contributed by atoms with Crippen LogP contribution in [0, 0.1) is 5.82 Å². The fourth-order valence-corrected chi connectivity index (χ4v) is 3.01. The Labute approximate surface area is 137 Å². The van der Waals surface area contributed by atoms with E-state index in [9.17, 15) is 9.18 Å². The number of rotatable bonds is 3. The molecule has 1 atom stereocenters. The van der Waals surface area contributed by atoms with Gasteiger partial charge in [-0.15, -0.1) is 0 Å². The first-order valence-electron chi connectivity index (χ1n) is 7.70. The highest BCUT2D eigenvalue weighted by atomic mass is 19.1. The smallest absolute Gasteiger partial charge is 0.270 e. The number of hydrogen-bond acceptors (Lipinski definition) is 4. The summed E-state index contributed by atoms with van der Waals surface area (Å²) in [6.45, 7) is 1.23. The number of carbonyl (C=O) groups excluding carboxylic acids is 1. The largest absolute Gasteiger partial charge is 0.357 e. The van der Waals surface area contributed by atoms with Gasteiger partial charge in [-0.1, -0.05) is 17.3 Å². The van der Waals surface area contributed by atoms with Crippen LogP contribution in [0.2, 0.25) is 0 Å². The highest BCUT2D eigenvalue weighted by Crippen LogP contribution is 2.27. The number of carbonyl (C=O) groups is 1. The molecule has 3 aromatic rings. The van der Waals surface area contributed by atoms with Gasteiger partial charge in [0.15, 0.2) is 5.82 Å². The fourth-order valence-electron chi connectivity index (χ4n) is 3.01. The first kappa shape index (κ1) is 14.6. The number of H-pyrrole nitrogens is 1. The molecule has 0 bridgehead atoms. The molecule has 2 aromatic heterocycles. The Hall–Kier alpha value is -2.96. The lowest BCUT2D eigenvalue weighted by atomic mass is 10.1. The number of hydrogen-bond donors (Lipinski definition) is 1. The SMILES string of the molecule is O=C(c1cc(-c2ccc(F)cc2)c[nH]1)N1CC[C@H](c2ncon2)C1. The van der Waals surface area contributed by atoms with Crippen LogP contribution in [0.4, 0.5) is 4.39 Å². The summed E-state index contributed by atoms with van der Waals surface area (Å²) >= 11 is 0. The Bertz CT molecular complexity index is 842. The molecule has 1 fully saturated rings. The number of amides is 1. The summed E-state index contributed by atoms with van der Waals surface area (Å²) in [5.74, 6) is 0.410. The van der Waals surface area contributed by atoms with Crippen LogP contribution in [-0.4, -0.2) is 39.0 Å². The molecule has 1 aliphatic rings. The number of aromatic nitrogens is 3. The summed E-state index contributed by atoms with van der Waals surface area (Å²) in [6, 6.07) is 7.97. The summed E-state index contributed by atoms with van der Waals surface area (Å²) < 4.78 is 17.8. The standard InChI is InChI=1S/C17H15FN4O2/c18-14-3-1-11(2-4-14)13-7-15(19-8-13)17(23)22-6-5-12(9-22)16-20-10-24-21-16/h1-4,7-8,10,12,19H,5-6,9H2/t12-/m0/s1. The van der Waals surface area contributed by atoms with Crippen molar-refractivity contribution in [2.45, 2.75) is 12.3 Å². The minimum atomic E-state index is -0.282. The predicted octanol–water partition coefficient (Wildman–Crippen LogP) is 2.83. The minimum Gasteiger partial charge on any atom is -0.357 e. The van der Waals surface area contributed by atoms with E-state index in [1.807, 2.05) is 0 Å². The van der Waals surface area contributed by atoms with Crippen LogP contribution in [0.25, 0.3) is 11.1 Å². The molecule has 1 aromatic carbocycles. The molecule has 0 saturated carbocycles. The van der Waals surface area contributed by atoms with Crippen molar-refractivity contribution in [3.63, 3.8) is 0 Å². The Balaban J connectivity index is 1.48. The van der Waals surface area contributed by atoms with Crippen LogP contribution in [0.3, 0.4) is 0 Å². The molecule has 0 radical (unpaired) electrons. The quantitative estimate of drug-likeness (QED) is 0.803. The van der Waals surface area contributed by atoms with Gasteiger partial charge >= 0.3 is 0 Å². The van der Waals surface area contributed by atoms with Gasteiger partial charge < -0.3 is 14.4 Å². The van der Waals surface area contributed by atoms with Crippen molar-refractivity contribution in [3.05, 3.63) is 60.3 Å². The van der Waals surface area contributed by atoms with E-state index >= 15 is 0 Å². The molecule has 3 heterocycles. The molecule has 6 nitrogen and oxygen atoms in total. The number of halogens is 1. The number of likely N-dealkylation sites (tertiary alicyclic amines) is 1. The summed E-state index contributed by atoms with van der Waals surface area (Å²) in [7, 11) is 0. The van der Waals surface area contributed by atoms with Gasteiger partial charge in [0.2, 0.25) is 6.39 Å². The molecule has 1 saturated heterocycles. The second-order valence-corrected chi connectivity index (χ2v) is 5.84. The molecule has 1 amide bonds. The van der Waals surface area contributed by atoms with E-state index in [1.54, 1.807) is 29.3 Å². The highest BCUT2D eigenvalue weighted by Gasteiger charge is 2.30. The lowest BCUT2D eigenvalue weighted by Gasteiger charge is -2.14. The van der Waals surface area contributed by atoms with E-state index in [0.717, 1.165) is 17.5 Å². The van der Waals surface area contributed by atoms with E-state index < -0.39 is 0 Å². The molecular weight excluding hydrogens is 311 g/mol. The Morgan fingerprint density at radius 2 is 2.12 bits per heavy atom. The van der Waals surface area contributed by atoms with Crippen molar-refractivity contribution >= 4 is 5.91 Å². The lowest BCUT2D eigenvalue weighted by molar-refractivity contribution is 0.0785. The van der Waals surface area contributed by atoms with Gasteiger partial charge in [0.1, 0.15) is 11.5 Å². The molecule has 1 N–H and O–H groups in total. The van der Waals surface area contributed by atoms with Gasteiger partial charge in [-0.2, -0.15) is 4.98 Å². The molecule has 122 valence electrons. The summed E-state index contributed by atoms with van der Waals surface area (Å²) in [4.78, 5) is 21.5. The third-order valence-corrected chi connectivity index (χ3v) is 4.31. The van der Waals surface area contributed by atoms with E-state index in [-0.39, 0.29) is 17.6 Å². The molecule has 24 heavy (non-hydrogen) atoms. The van der Waals surface area contributed by atoms with Crippen LogP contribution in [0.1, 0.15) is 28.7 Å². The Morgan fingerprint density at radius 3 is 2.88 bits per heavy atom. The van der Waals surface area contributed by atoms with Gasteiger partial charge in [-0.05, 0) is 35.7 Å². The van der Waals surface area contributed by atoms with E-state index in [1.165, 1.54) is 18.5 Å². The Kier molecular flexibility index (Phi) is 3.60. The van der Waals surface area contributed by atoms with Gasteiger partial charge in [0.05, 0.1) is 0 Å². The average Bonchev–Trinajstić information content (AvgIpc) is 3.34. The summed E-state index contributed by atoms with van der Waals surface area (Å²) in [5.41, 5.74) is 2.23.